The molecule has 1 aromatic heterocycles. The van der Waals surface area contributed by atoms with Gasteiger partial charge < -0.3 is 9.30 Å². The molecule has 0 fully saturated rings. The number of sulfone groups is 1. The van der Waals surface area contributed by atoms with Gasteiger partial charge in [-0.05, 0) is 18.6 Å². The van der Waals surface area contributed by atoms with Gasteiger partial charge in [0.15, 0.2) is 9.84 Å². The van der Waals surface area contributed by atoms with Gasteiger partial charge in [-0.1, -0.05) is 0 Å². The first-order chi connectivity index (χ1) is 13.1. The van der Waals surface area contributed by atoms with Crippen molar-refractivity contribution in [3.8, 4) is 16.9 Å². The molecular formula is C17H18F2N2O6S. The van der Waals surface area contributed by atoms with E-state index >= 15 is 0 Å². The number of halogens is 2. The fourth-order valence-corrected chi connectivity index (χ4v) is 3.61. The average Bonchev–Trinajstić information content (AvgIpc) is 2.63. The summed E-state index contributed by atoms with van der Waals surface area (Å²) in [5.41, 5.74) is 0.118. The molecule has 2 aromatic rings. The fraction of sp³-hybridized carbons (Fsp3) is 0.294. The number of rotatable bonds is 7. The van der Waals surface area contributed by atoms with Gasteiger partial charge in [0, 0.05) is 42.3 Å². The van der Waals surface area contributed by atoms with E-state index in [-0.39, 0.29) is 29.8 Å². The number of amides is 1. The molecule has 152 valence electrons. The minimum atomic E-state index is -3.88. The number of hydroxylamine groups is 1. The van der Waals surface area contributed by atoms with Crippen molar-refractivity contribution < 1.29 is 31.9 Å². The fourth-order valence-electron chi connectivity index (χ4n) is 2.64. The van der Waals surface area contributed by atoms with Crippen molar-refractivity contribution in [3.05, 3.63) is 52.5 Å². The van der Waals surface area contributed by atoms with Crippen molar-refractivity contribution in [1.82, 2.24) is 10.0 Å². The van der Waals surface area contributed by atoms with E-state index in [9.17, 15) is 26.8 Å². The Hall–Kier alpha value is -2.79. The highest BCUT2D eigenvalue weighted by Crippen LogP contribution is 2.27. The zero-order valence-corrected chi connectivity index (χ0v) is 15.8. The maximum atomic E-state index is 14.5. The molecule has 0 saturated carbocycles. The number of hydrogen-bond acceptors (Lipinski definition) is 6. The number of ether oxygens (including phenoxy) is 1. The second kappa shape index (κ2) is 8.48. The third-order valence-corrected chi connectivity index (χ3v) is 5.58. The second-order valence-corrected chi connectivity index (χ2v) is 8.22. The van der Waals surface area contributed by atoms with E-state index in [1.54, 1.807) is 0 Å². The molecule has 0 unspecified atom stereocenters. The van der Waals surface area contributed by atoms with Crippen molar-refractivity contribution in [3.63, 3.8) is 0 Å². The number of benzene rings is 1. The highest BCUT2D eigenvalue weighted by atomic mass is 32.2. The molecule has 2 rings (SSSR count). The zero-order chi connectivity index (χ0) is 21.1. The number of hydrogen-bond donors (Lipinski definition) is 2. The Morgan fingerprint density at radius 2 is 1.93 bits per heavy atom. The lowest BCUT2D eigenvalue weighted by Crippen LogP contribution is -2.39. The van der Waals surface area contributed by atoms with Crippen LogP contribution in [0.3, 0.4) is 0 Å². The Bertz CT molecular complexity index is 1050. The van der Waals surface area contributed by atoms with E-state index in [0.29, 0.717) is 0 Å². The Morgan fingerprint density at radius 1 is 1.25 bits per heavy atom. The molecule has 0 aliphatic rings. The normalized spacial score (nSPS) is 12.5. The van der Waals surface area contributed by atoms with Crippen LogP contribution in [0.2, 0.25) is 0 Å². The Labute approximate surface area is 159 Å². The Kier molecular flexibility index (Phi) is 6.52. The van der Waals surface area contributed by atoms with Crippen molar-refractivity contribution >= 4 is 15.7 Å². The maximum Gasteiger partial charge on any atom is 0.261 e. The predicted octanol–water partition coefficient (Wildman–Crippen LogP) is 1.11. The van der Waals surface area contributed by atoms with Gasteiger partial charge >= 0.3 is 0 Å². The summed E-state index contributed by atoms with van der Waals surface area (Å²) < 4.78 is 57.7. The molecule has 0 aliphatic carbocycles. The molecule has 0 spiro atoms. The summed E-state index contributed by atoms with van der Waals surface area (Å²) in [6.07, 6.45) is 1.23. The van der Waals surface area contributed by atoms with Crippen LogP contribution in [0.5, 0.6) is 5.75 Å². The van der Waals surface area contributed by atoms with Crippen LogP contribution in [0.15, 0.2) is 35.3 Å². The minimum Gasteiger partial charge on any atom is -0.497 e. The second-order valence-electron chi connectivity index (χ2n) is 6.00. The van der Waals surface area contributed by atoms with Crippen LogP contribution in [0.25, 0.3) is 11.1 Å². The number of aryl methyl sites for hydroxylation is 1. The van der Waals surface area contributed by atoms with Gasteiger partial charge in [0.25, 0.3) is 11.5 Å². The number of carbonyl (C=O) groups is 1. The van der Waals surface area contributed by atoms with Crippen LogP contribution in [-0.4, -0.2) is 42.7 Å². The Morgan fingerprint density at radius 3 is 2.46 bits per heavy atom. The van der Waals surface area contributed by atoms with E-state index in [2.05, 4.69) is 0 Å². The van der Waals surface area contributed by atoms with Crippen LogP contribution in [-0.2, 0) is 21.2 Å². The number of nitrogens with zero attached hydrogens (tertiary/aromatic N) is 1. The largest absolute Gasteiger partial charge is 0.497 e. The monoisotopic (exact) mass is 416 g/mol. The zero-order valence-electron chi connectivity index (χ0n) is 15.0. The average molecular weight is 416 g/mol. The molecular weight excluding hydrogens is 398 g/mol. The third kappa shape index (κ3) is 4.73. The summed E-state index contributed by atoms with van der Waals surface area (Å²) in [7, 11) is -2.53. The highest BCUT2D eigenvalue weighted by molar-refractivity contribution is 7.92. The van der Waals surface area contributed by atoms with Crippen molar-refractivity contribution in [2.45, 2.75) is 18.2 Å². The van der Waals surface area contributed by atoms with Crippen LogP contribution < -0.4 is 15.8 Å². The molecule has 0 radical (unpaired) electrons. The van der Waals surface area contributed by atoms with E-state index < -0.39 is 38.2 Å². The summed E-state index contributed by atoms with van der Waals surface area (Å²) in [5, 5.41) is 7.03. The smallest absolute Gasteiger partial charge is 0.261 e. The van der Waals surface area contributed by atoms with Crippen molar-refractivity contribution in [2.75, 3.05) is 13.4 Å². The van der Waals surface area contributed by atoms with Gasteiger partial charge in [0.1, 0.15) is 22.6 Å². The Balaban J connectivity index is 2.34. The van der Waals surface area contributed by atoms with E-state index in [1.165, 1.54) is 24.7 Å². The van der Waals surface area contributed by atoms with E-state index in [1.807, 2.05) is 0 Å². The molecule has 28 heavy (non-hydrogen) atoms. The lowest BCUT2D eigenvalue weighted by atomic mass is 10.1. The first-order valence-corrected chi connectivity index (χ1v) is 9.90. The first-order valence-electron chi connectivity index (χ1n) is 7.95. The highest BCUT2D eigenvalue weighted by Gasteiger charge is 2.28. The standard InChI is InChI=1S/C17H18F2N2O6S/c1-27-10-3-4-11(13(18)7-10)12-8-16(22)21(9-14(12)19)6-5-15(17(23)20-24)28(2,25)26/h3-4,7-9,15,24H,5-6H2,1-2H3,(H,20,23)/t15-/m1/s1. The molecule has 0 saturated heterocycles. The predicted molar refractivity (Wildman–Crippen MR) is 95.8 cm³/mol. The van der Waals surface area contributed by atoms with E-state index in [0.717, 1.165) is 29.2 Å². The summed E-state index contributed by atoms with van der Waals surface area (Å²) in [4.78, 5) is 23.8. The lowest BCUT2D eigenvalue weighted by Gasteiger charge is -2.14. The van der Waals surface area contributed by atoms with Gasteiger partial charge in [-0.25, -0.2) is 22.7 Å². The van der Waals surface area contributed by atoms with Gasteiger partial charge in [-0.15, -0.1) is 0 Å². The topological polar surface area (TPSA) is 115 Å². The maximum absolute atomic E-state index is 14.5. The third-order valence-electron chi connectivity index (χ3n) is 4.10. The molecule has 11 heteroatoms. The summed E-state index contributed by atoms with van der Waals surface area (Å²) >= 11 is 0. The molecule has 1 amide bonds. The number of nitrogens with one attached hydrogen (secondary N) is 1. The van der Waals surface area contributed by atoms with Crippen LogP contribution in [0.1, 0.15) is 6.42 Å². The van der Waals surface area contributed by atoms with Crippen molar-refractivity contribution in [1.29, 1.82) is 0 Å². The lowest BCUT2D eigenvalue weighted by molar-refractivity contribution is -0.128. The summed E-state index contributed by atoms with van der Waals surface area (Å²) in [6.45, 7) is -0.313. The molecule has 1 atom stereocenters. The van der Waals surface area contributed by atoms with Crippen molar-refractivity contribution in [2.24, 2.45) is 0 Å². The number of pyridine rings is 1. The van der Waals surface area contributed by atoms with Gasteiger partial charge in [0.05, 0.1) is 7.11 Å². The van der Waals surface area contributed by atoms with Crippen LogP contribution in [0, 0.1) is 11.6 Å². The first kappa shape index (κ1) is 21.5. The number of methoxy groups -OCH3 is 1. The quantitative estimate of drug-likeness (QED) is 0.516. The van der Waals surface area contributed by atoms with E-state index in [4.69, 9.17) is 9.94 Å². The summed E-state index contributed by atoms with van der Waals surface area (Å²) in [6, 6.07) is 4.60. The molecule has 0 aliphatic heterocycles. The molecule has 1 heterocycles. The summed E-state index contributed by atoms with van der Waals surface area (Å²) in [5.74, 6) is -2.63. The van der Waals surface area contributed by atoms with Gasteiger partial charge in [-0.2, -0.15) is 0 Å². The SMILES string of the molecule is COc1ccc(-c2cc(=O)n(CC[C@H](C(=O)NO)S(C)(=O)=O)cc2F)c(F)c1. The van der Waals surface area contributed by atoms with Crippen LogP contribution >= 0.6 is 0 Å². The number of aromatic nitrogens is 1. The molecule has 8 nitrogen and oxygen atoms in total. The van der Waals surface area contributed by atoms with Gasteiger partial charge in [0.2, 0.25) is 0 Å². The van der Waals surface area contributed by atoms with Gasteiger partial charge in [-0.3, -0.25) is 14.8 Å². The number of carbonyl (C=O) groups excluding carboxylic acids is 1. The molecule has 2 N–H and O–H groups in total. The van der Waals surface area contributed by atoms with Crippen LogP contribution in [0.4, 0.5) is 8.78 Å². The molecule has 1 aromatic carbocycles. The minimum absolute atomic E-state index is 0.142. The molecule has 0 bridgehead atoms.